The average molecular weight is 247 g/mol. The lowest BCUT2D eigenvalue weighted by Gasteiger charge is -2.04. The van der Waals surface area contributed by atoms with Crippen molar-refractivity contribution in [1.29, 1.82) is 0 Å². The third kappa shape index (κ3) is 3.16. The fourth-order valence-corrected chi connectivity index (χ4v) is 1.24. The first kappa shape index (κ1) is 12.4. The van der Waals surface area contributed by atoms with Crippen LogP contribution in [0.3, 0.4) is 0 Å². The summed E-state index contributed by atoms with van der Waals surface area (Å²) in [5.74, 6) is -1.06. The standard InChI is InChI=1S/C9H8ClFN2O3/c10-4-3-9(14)12-7-5-6(11)1-2-8(7)13(15)16/h1-2,5H,3-4H2,(H,12,14). The molecule has 1 amide bonds. The summed E-state index contributed by atoms with van der Waals surface area (Å²) in [7, 11) is 0. The summed E-state index contributed by atoms with van der Waals surface area (Å²) < 4.78 is 12.8. The van der Waals surface area contributed by atoms with Crippen molar-refractivity contribution >= 4 is 28.9 Å². The van der Waals surface area contributed by atoms with E-state index in [-0.39, 0.29) is 23.7 Å². The first-order valence-corrected chi connectivity index (χ1v) is 4.88. The number of nitro groups is 1. The Morgan fingerprint density at radius 2 is 2.25 bits per heavy atom. The number of carbonyl (C=O) groups excluding carboxylic acids is 1. The van der Waals surface area contributed by atoms with Gasteiger partial charge >= 0.3 is 0 Å². The minimum Gasteiger partial charge on any atom is -0.320 e. The first-order valence-electron chi connectivity index (χ1n) is 4.34. The second-order valence-electron chi connectivity index (χ2n) is 2.91. The van der Waals surface area contributed by atoms with Crippen LogP contribution in [0, 0.1) is 15.9 Å². The lowest BCUT2D eigenvalue weighted by molar-refractivity contribution is -0.384. The molecule has 0 heterocycles. The second kappa shape index (κ2) is 5.41. The third-order valence-corrected chi connectivity index (χ3v) is 1.94. The SMILES string of the molecule is O=C(CCCl)Nc1cc(F)ccc1[N+](=O)[O-]. The number of halogens is 2. The van der Waals surface area contributed by atoms with Crippen LogP contribution < -0.4 is 5.32 Å². The van der Waals surface area contributed by atoms with Gasteiger partial charge in [0, 0.05) is 24.4 Å². The molecule has 1 rings (SSSR count). The fraction of sp³-hybridized carbons (Fsp3) is 0.222. The maximum absolute atomic E-state index is 12.8. The largest absolute Gasteiger partial charge is 0.320 e. The molecule has 0 saturated carbocycles. The maximum atomic E-state index is 12.8. The summed E-state index contributed by atoms with van der Waals surface area (Å²) in [6.45, 7) is 0. The minimum absolute atomic E-state index is 0.00915. The molecule has 0 aliphatic heterocycles. The van der Waals surface area contributed by atoms with Gasteiger partial charge in [0.1, 0.15) is 11.5 Å². The van der Waals surface area contributed by atoms with E-state index in [4.69, 9.17) is 11.6 Å². The van der Waals surface area contributed by atoms with Gasteiger partial charge in [0.05, 0.1) is 4.92 Å². The molecule has 0 fully saturated rings. The van der Waals surface area contributed by atoms with E-state index in [0.717, 1.165) is 18.2 Å². The summed E-state index contributed by atoms with van der Waals surface area (Å²) in [4.78, 5) is 21.0. The fourth-order valence-electron chi connectivity index (χ4n) is 1.07. The quantitative estimate of drug-likeness (QED) is 0.503. The van der Waals surface area contributed by atoms with Gasteiger partial charge in [-0.1, -0.05) is 0 Å². The van der Waals surface area contributed by atoms with Crippen molar-refractivity contribution in [3.8, 4) is 0 Å². The summed E-state index contributed by atoms with van der Waals surface area (Å²) in [5.41, 5.74) is -0.524. The van der Waals surface area contributed by atoms with Crippen molar-refractivity contribution in [2.24, 2.45) is 0 Å². The predicted octanol–water partition coefficient (Wildman–Crippen LogP) is 2.30. The number of benzene rings is 1. The zero-order chi connectivity index (χ0) is 12.1. The van der Waals surface area contributed by atoms with E-state index in [1.54, 1.807) is 0 Å². The molecule has 16 heavy (non-hydrogen) atoms. The highest BCUT2D eigenvalue weighted by Gasteiger charge is 2.16. The van der Waals surface area contributed by atoms with Crippen LogP contribution in [0.4, 0.5) is 15.8 Å². The molecule has 1 aromatic rings. The Kier molecular flexibility index (Phi) is 4.19. The molecule has 0 aliphatic rings. The molecule has 0 unspecified atom stereocenters. The molecule has 5 nitrogen and oxygen atoms in total. The highest BCUT2D eigenvalue weighted by Crippen LogP contribution is 2.24. The number of hydrogen-bond acceptors (Lipinski definition) is 3. The molecular weight excluding hydrogens is 239 g/mol. The topological polar surface area (TPSA) is 72.2 Å². The van der Waals surface area contributed by atoms with Gasteiger partial charge in [-0.2, -0.15) is 0 Å². The van der Waals surface area contributed by atoms with Gasteiger partial charge < -0.3 is 5.32 Å². The van der Waals surface area contributed by atoms with Crippen molar-refractivity contribution in [2.45, 2.75) is 6.42 Å². The number of nitrogens with one attached hydrogen (secondary N) is 1. The van der Waals surface area contributed by atoms with E-state index in [1.807, 2.05) is 0 Å². The molecule has 0 atom stereocenters. The van der Waals surface area contributed by atoms with E-state index >= 15 is 0 Å². The van der Waals surface area contributed by atoms with Crippen molar-refractivity contribution < 1.29 is 14.1 Å². The van der Waals surface area contributed by atoms with Crippen LogP contribution in [0.15, 0.2) is 18.2 Å². The molecule has 1 aromatic carbocycles. The Morgan fingerprint density at radius 3 is 2.81 bits per heavy atom. The van der Waals surface area contributed by atoms with Gasteiger partial charge in [-0.3, -0.25) is 14.9 Å². The number of anilines is 1. The van der Waals surface area contributed by atoms with E-state index in [0.29, 0.717) is 0 Å². The molecule has 0 aliphatic carbocycles. The smallest absolute Gasteiger partial charge is 0.292 e. The Morgan fingerprint density at radius 1 is 1.56 bits per heavy atom. The van der Waals surface area contributed by atoms with Crippen LogP contribution in [0.25, 0.3) is 0 Å². The number of nitro benzene ring substituents is 1. The van der Waals surface area contributed by atoms with Crippen LogP contribution >= 0.6 is 11.6 Å². The lowest BCUT2D eigenvalue weighted by Crippen LogP contribution is -2.13. The van der Waals surface area contributed by atoms with Crippen molar-refractivity contribution in [3.63, 3.8) is 0 Å². The third-order valence-electron chi connectivity index (χ3n) is 1.75. The Balaban J connectivity index is 2.96. The van der Waals surface area contributed by atoms with E-state index in [9.17, 15) is 19.3 Å². The number of rotatable bonds is 4. The van der Waals surface area contributed by atoms with E-state index in [1.165, 1.54) is 0 Å². The lowest BCUT2D eigenvalue weighted by atomic mass is 10.2. The molecule has 0 spiro atoms. The molecule has 0 aromatic heterocycles. The summed E-state index contributed by atoms with van der Waals surface area (Å²) in [5, 5.41) is 12.8. The molecule has 0 bridgehead atoms. The number of amides is 1. The van der Waals surface area contributed by atoms with Crippen LogP contribution in [0.1, 0.15) is 6.42 Å². The van der Waals surface area contributed by atoms with Gasteiger partial charge in [-0.25, -0.2) is 4.39 Å². The zero-order valence-corrected chi connectivity index (χ0v) is 8.83. The predicted molar refractivity (Wildman–Crippen MR) is 57.0 cm³/mol. The van der Waals surface area contributed by atoms with Crippen LogP contribution in [0.5, 0.6) is 0 Å². The number of alkyl halides is 1. The summed E-state index contributed by atoms with van der Waals surface area (Å²) >= 11 is 5.33. The average Bonchev–Trinajstić information content (AvgIpc) is 2.17. The van der Waals surface area contributed by atoms with Crippen molar-refractivity contribution in [1.82, 2.24) is 0 Å². The van der Waals surface area contributed by atoms with Crippen molar-refractivity contribution in [2.75, 3.05) is 11.2 Å². The Bertz CT molecular complexity index is 425. The Hall–Kier alpha value is -1.69. The zero-order valence-electron chi connectivity index (χ0n) is 8.07. The molecule has 0 radical (unpaired) electrons. The van der Waals surface area contributed by atoms with E-state index < -0.39 is 16.6 Å². The van der Waals surface area contributed by atoms with E-state index in [2.05, 4.69) is 5.32 Å². The monoisotopic (exact) mass is 246 g/mol. The highest BCUT2D eigenvalue weighted by molar-refractivity contribution is 6.19. The molecule has 0 saturated heterocycles. The second-order valence-corrected chi connectivity index (χ2v) is 3.28. The Labute approximate surface area is 95.4 Å². The normalized spacial score (nSPS) is 9.88. The van der Waals surface area contributed by atoms with Crippen LogP contribution in [-0.4, -0.2) is 16.7 Å². The number of carbonyl (C=O) groups is 1. The summed E-state index contributed by atoms with van der Waals surface area (Å²) in [6.07, 6.45) is 0.00915. The molecule has 7 heteroatoms. The number of hydrogen-bond donors (Lipinski definition) is 1. The molecule has 1 N–H and O–H groups in total. The highest BCUT2D eigenvalue weighted by atomic mass is 35.5. The molecular formula is C9H8ClFN2O3. The minimum atomic E-state index is -0.699. The van der Waals surface area contributed by atoms with Gasteiger partial charge in [0.15, 0.2) is 0 Å². The summed E-state index contributed by atoms with van der Waals surface area (Å²) in [6, 6.07) is 2.84. The van der Waals surface area contributed by atoms with Gasteiger partial charge in [0.2, 0.25) is 5.91 Å². The van der Waals surface area contributed by atoms with Gasteiger partial charge in [-0.15, -0.1) is 11.6 Å². The first-order chi connectivity index (χ1) is 7.54. The maximum Gasteiger partial charge on any atom is 0.292 e. The van der Waals surface area contributed by atoms with Gasteiger partial charge in [-0.05, 0) is 6.07 Å². The van der Waals surface area contributed by atoms with Crippen LogP contribution in [0.2, 0.25) is 0 Å². The molecule has 86 valence electrons. The number of nitrogens with zero attached hydrogens (tertiary/aromatic N) is 1. The van der Waals surface area contributed by atoms with Crippen molar-refractivity contribution in [3.05, 3.63) is 34.1 Å². The van der Waals surface area contributed by atoms with Crippen LogP contribution in [-0.2, 0) is 4.79 Å². The van der Waals surface area contributed by atoms with Gasteiger partial charge in [0.25, 0.3) is 5.69 Å².